The molecule has 0 aliphatic carbocycles. The van der Waals surface area contributed by atoms with Crippen molar-refractivity contribution in [3.8, 4) is 5.88 Å². The number of hydrogen-bond acceptors (Lipinski definition) is 6. The lowest BCUT2D eigenvalue weighted by molar-refractivity contribution is 0.217. The van der Waals surface area contributed by atoms with Crippen LogP contribution in [0.5, 0.6) is 5.88 Å². The Kier molecular flexibility index (Phi) is 6.07. The summed E-state index contributed by atoms with van der Waals surface area (Å²) in [7, 11) is 0. The molecule has 0 aliphatic heterocycles. The number of thioether (sulfide) groups is 1. The molecule has 96 valence electrons. The topological polar surface area (TPSA) is 64.3 Å². The smallest absolute Gasteiger partial charge is 0.219 e. The van der Waals surface area contributed by atoms with Crippen molar-refractivity contribution in [2.75, 3.05) is 38.2 Å². The molecule has 0 saturated heterocycles. The van der Waals surface area contributed by atoms with Crippen LogP contribution in [0.15, 0.2) is 11.2 Å². The Balaban J connectivity index is 2.48. The zero-order chi connectivity index (χ0) is 12.7. The van der Waals surface area contributed by atoms with Gasteiger partial charge in [0.1, 0.15) is 12.4 Å². The van der Waals surface area contributed by atoms with Crippen LogP contribution >= 0.6 is 11.8 Å². The van der Waals surface area contributed by atoms with Gasteiger partial charge in [-0.2, -0.15) is 4.98 Å². The van der Waals surface area contributed by atoms with Crippen LogP contribution in [-0.4, -0.2) is 47.4 Å². The second kappa shape index (κ2) is 7.34. The van der Waals surface area contributed by atoms with Crippen molar-refractivity contribution >= 4 is 17.6 Å². The predicted octanol–water partition coefficient (Wildman–Crippen LogP) is 1.50. The maximum absolute atomic E-state index is 5.66. The molecule has 0 bridgehead atoms. The molecule has 0 amide bonds. The molecule has 1 rings (SSSR count). The van der Waals surface area contributed by atoms with Gasteiger partial charge in [0.15, 0.2) is 5.16 Å². The summed E-state index contributed by atoms with van der Waals surface area (Å²) in [6.07, 6.45) is 1.91. The van der Waals surface area contributed by atoms with Crippen molar-refractivity contribution in [1.82, 2.24) is 14.9 Å². The molecule has 0 aliphatic rings. The summed E-state index contributed by atoms with van der Waals surface area (Å²) in [6, 6.07) is 1.65. The molecule has 0 unspecified atom stereocenters. The molecule has 5 nitrogen and oxygen atoms in total. The lowest BCUT2D eigenvalue weighted by Crippen LogP contribution is -2.28. The summed E-state index contributed by atoms with van der Waals surface area (Å²) >= 11 is 1.45. The summed E-state index contributed by atoms with van der Waals surface area (Å²) in [6.45, 7) is 7.84. The van der Waals surface area contributed by atoms with Gasteiger partial charge in [-0.05, 0) is 19.3 Å². The van der Waals surface area contributed by atoms with Gasteiger partial charge in [0, 0.05) is 12.6 Å². The van der Waals surface area contributed by atoms with E-state index in [2.05, 4.69) is 28.7 Å². The number of likely N-dealkylation sites (N-methyl/N-ethyl adjacent to an activating group) is 1. The van der Waals surface area contributed by atoms with Crippen LogP contribution in [0.4, 0.5) is 5.82 Å². The van der Waals surface area contributed by atoms with E-state index in [1.54, 1.807) is 6.07 Å². The summed E-state index contributed by atoms with van der Waals surface area (Å²) in [5, 5.41) is 0.642. The molecule has 0 fully saturated rings. The highest BCUT2D eigenvalue weighted by molar-refractivity contribution is 7.98. The quantitative estimate of drug-likeness (QED) is 0.589. The van der Waals surface area contributed by atoms with E-state index < -0.39 is 0 Å². The third-order valence-electron chi connectivity index (χ3n) is 2.44. The molecular formula is C11H20N4OS. The minimum atomic E-state index is 0.446. The SMILES string of the molecule is CCN(CC)CCOc1cc(N)nc(SC)n1. The van der Waals surface area contributed by atoms with Gasteiger partial charge in [-0.1, -0.05) is 25.6 Å². The van der Waals surface area contributed by atoms with E-state index in [1.807, 2.05) is 6.26 Å². The molecule has 0 atom stereocenters. The Labute approximate surface area is 107 Å². The first-order chi connectivity index (χ1) is 8.19. The fourth-order valence-electron chi connectivity index (χ4n) is 1.41. The lowest BCUT2D eigenvalue weighted by atomic mass is 10.5. The van der Waals surface area contributed by atoms with Gasteiger partial charge in [0.2, 0.25) is 5.88 Å². The molecule has 0 aromatic carbocycles. The standard InChI is InChI=1S/C11H20N4OS/c1-4-15(5-2)6-7-16-10-8-9(12)13-11(14-10)17-3/h8H,4-7H2,1-3H3,(H2,12,13,14). The van der Waals surface area contributed by atoms with Crippen molar-refractivity contribution in [2.45, 2.75) is 19.0 Å². The van der Waals surface area contributed by atoms with Crippen molar-refractivity contribution in [3.05, 3.63) is 6.07 Å². The summed E-state index contributed by atoms with van der Waals surface area (Å²) < 4.78 is 5.58. The summed E-state index contributed by atoms with van der Waals surface area (Å²) in [5.41, 5.74) is 5.66. The second-order valence-electron chi connectivity index (χ2n) is 3.49. The van der Waals surface area contributed by atoms with E-state index in [0.29, 0.717) is 23.5 Å². The average molecular weight is 256 g/mol. The molecule has 17 heavy (non-hydrogen) atoms. The van der Waals surface area contributed by atoms with Gasteiger partial charge in [-0.3, -0.25) is 0 Å². The lowest BCUT2D eigenvalue weighted by Gasteiger charge is -2.17. The first-order valence-electron chi connectivity index (χ1n) is 5.73. The van der Waals surface area contributed by atoms with Gasteiger partial charge >= 0.3 is 0 Å². The molecule has 1 aromatic heterocycles. The van der Waals surface area contributed by atoms with Crippen LogP contribution < -0.4 is 10.5 Å². The van der Waals surface area contributed by atoms with Crippen LogP contribution in [0, 0.1) is 0 Å². The third kappa shape index (κ3) is 4.79. The van der Waals surface area contributed by atoms with Crippen LogP contribution in [0.1, 0.15) is 13.8 Å². The van der Waals surface area contributed by atoms with Gasteiger partial charge in [-0.15, -0.1) is 0 Å². The average Bonchev–Trinajstić information content (AvgIpc) is 2.34. The number of nitrogens with two attached hydrogens (primary N) is 1. The van der Waals surface area contributed by atoms with Crippen molar-refractivity contribution in [3.63, 3.8) is 0 Å². The van der Waals surface area contributed by atoms with E-state index in [1.165, 1.54) is 11.8 Å². The normalized spacial score (nSPS) is 10.8. The van der Waals surface area contributed by atoms with Crippen molar-refractivity contribution < 1.29 is 4.74 Å². The van der Waals surface area contributed by atoms with E-state index in [-0.39, 0.29) is 0 Å². The largest absolute Gasteiger partial charge is 0.476 e. The molecule has 0 saturated carbocycles. The summed E-state index contributed by atoms with van der Waals surface area (Å²) in [5.74, 6) is 0.996. The van der Waals surface area contributed by atoms with Gasteiger partial charge in [0.05, 0.1) is 0 Å². The second-order valence-corrected chi connectivity index (χ2v) is 4.27. The number of rotatable bonds is 7. The maximum atomic E-state index is 5.66. The molecule has 6 heteroatoms. The van der Waals surface area contributed by atoms with Crippen LogP contribution in [0.2, 0.25) is 0 Å². The first kappa shape index (κ1) is 14.1. The van der Waals surface area contributed by atoms with E-state index in [9.17, 15) is 0 Å². The van der Waals surface area contributed by atoms with E-state index in [4.69, 9.17) is 10.5 Å². The van der Waals surface area contributed by atoms with Gasteiger partial charge < -0.3 is 15.4 Å². The Morgan fingerprint density at radius 1 is 1.35 bits per heavy atom. The fraction of sp³-hybridized carbons (Fsp3) is 0.636. The third-order valence-corrected chi connectivity index (χ3v) is 2.98. The maximum Gasteiger partial charge on any atom is 0.219 e. The van der Waals surface area contributed by atoms with Crippen molar-refractivity contribution in [2.24, 2.45) is 0 Å². The van der Waals surface area contributed by atoms with E-state index in [0.717, 1.165) is 19.6 Å². The number of aromatic nitrogens is 2. The molecule has 2 N–H and O–H groups in total. The molecule has 1 aromatic rings. The van der Waals surface area contributed by atoms with Gasteiger partial charge in [-0.25, -0.2) is 4.98 Å². The number of nitrogens with zero attached hydrogens (tertiary/aromatic N) is 3. The highest BCUT2D eigenvalue weighted by atomic mass is 32.2. The zero-order valence-corrected chi connectivity index (χ0v) is 11.5. The number of nitrogen functional groups attached to an aromatic ring is 1. The predicted molar refractivity (Wildman–Crippen MR) is 71.5 cm³/mol. The highest BCUT2D eigenvalue weighted by Gasteiger charge is 2.04. The summed E-state index contributed by atoms with van der Waals surface area (Å²) in [4.78, 5) is 10.6. The minimum Gasteiger partial charge on any atom is -0.476 e. The Morgan fingerprint density at radius 2 is 2.06 bits per heavy atom. The fourth-order valence-corrected chi connectivity index (χ4v) is 1.78. The van der Waals surface area contributed by atoms with Crippen LogP contribution in [0.25, 0.3) is 0 Å². The Morgan fingerprint density at radius 3 is 2.65 bits per heavy atom. The zero-order valence-electron chi connectivity index (χ0n) is 10.6. The monoisotopic (exact) mass is 256 g/mol. The molecular weight excluding hydrogens is 236 g/mol. The Hall–Kier alpha value is -1.01. The number of hydrogen-bond donors (Lipinski definition) is 1. The minimum absolute atomic E-state index is 0.446. The van der Waals surface area contributed by atoms with Crippen molar-refractivity contribution in [1.29, 1.82) is 0 Å². The highest BCUT2D eigenvalue weighted by Crippen LogP contribution is 2.16. The number of anilines is 1. The number of ether oxygens (including phenoxy) is 1. The Bertz CT molecular complexity index is 344. The van der Waals surface area contributed by atoms with Gasteiger partial charge in [0.25, 0.3) is 0 Å². The van der Waals surface area contributed by atoms with E-state index >= 15 is 0 Å². The van der Waals surface area contributed by atoms with Crippen LogP contribution in [-0.2, 0) is 0 Å². The molecule has 1 heterocycles. The molecule has 0 radical (unpaired) electrons. The van der Waals surface area contributed by atoms with Crippen LogP contribution in [0.3, 0.4) is 0 Å². The molecule has 0 spiro atoms. The first-order valence-corrected chi connectivity index (χ1v) is 6.95.